The van der Waals surface area contributed by atoms with E-state index < -0.39 is 12.0 Å². The third-order valence-corrected chi connectivity index (χ3v) is 4.49. The first-order valence-electron chi connectivity index (χ1n) is 8.36. The van der Waals surface area contributed by atoms with Crippen LogP contribution in [0.2, 0.25) is 0 Å². The van der Waals surface area contributed by atoms with Gasteiger partial charge in [-0.2, -0.15) is 5.10 Å². The number of aromatic nitrogens is 2. The molecule has 0 saturated heterocycles. The van der Waals surface area contributed by atoms with E-state index in [2.05, 4.69) is 10.2 Å². The zero-order valence-electron chi connectivity index (χ0n) is 14.2. The molecule has 0 radical (unpaired) electrons. The number of H-pyrrole nitrogens is 1. The summed E-state index contributed by atoms with van der Waals surface area (Å²) < 4.78 is 5.58. The summed E-state index contributed by atoms with van der Waals surface area (Å²) in [5, 5.41) is 7.54. The quantitative estimate of drug-likeness (QED) is 0.711. The number of nitrogens with one attached hydrogen (secondary N) is 1. The summed E-state index contributed by atoms with van der Waals surface area (Å²) in [5.41, 5.74) is 6.08. The summed E-state index contributed by atoms with van der Waals surface area (Å²) >= 11 is 0. The maximum atomic E-state index is 13.0. The van der Waals surface area contributed by atoms with E-state index in [4.69, 9.17) is 10.5 Å². The van der Waals surface area contributed by atoms with Gasteiger partial charge in [0.15, 0.2) is 6.10 Å². The summed E-state index contributed by atoms with van der Waals surface area (Å²) in [6.45, 7) is 0.0203. The highest BCUT2D eigenvalue weighted by Crippen LogP contribution is 2.33. The van der Waals surface area contributed by atoms with Crippen LogP contribution in [0.3, 0.4) is 0 Å². The van der Waals surface area contributed by atoms with Crippen LogP contribution in [0.25, 0.3) is 10.8 Å². The molecular weight excluding hydrogens is 348 g/mol. The molecule has 136 valence electrons. The van der Waals surface area contributed by atoms with E-state index in [-0.39, 0.29) is 24.4 Å². The molecule has 1 aliphatic rings. The smallest absolute Gasteiger partial charge is 0.272 e. The number of nitrogens with two attached hydrogens (primary N) is 1. The van der Waals surface area contributed by atoms with Gasteiger partial charge in [-0.15, -0.1) is 0 Å². The van der Waals surface area contributed by atoms with Gasteiger partial charge in [0.2, 0.25) is 5.91 Å². The van der Waals surface area contributed by atoms with Gasteiger partial charge in [-0.25, -0.2) is 5.10 Å². The fraction of sp³-hybridized carbons (Fsp3) is 0.158. The van der Waals surface area contributed by atoms with Crippen molar-refractivity contribution < 1.29 is 14.3 Å². The summed E-state index contributed by atoms with van der Waals surface area (Å²) in [6.07, 6.45) is -0.971. The van der Waals surface area contributed by atoms with E-state index in [1.54, 1.807) is 48.5 Å². The number of aromatic amines is 1. The maximum absolute atomic E-state index is 13.0. The molecule has 1 atom stereocenters. The van der Waals surface area contributed by atoms with Crippen LogP contribution in [-0.4, -0.2) is 34.7 Å². The zero-order valence-corrected chi connectivity index (χ0v) is 14.2. The number of hydrogen-bond acceptors (Lipinski definition) is 5. The van der Waals surface area contributed by atoms with Crippen molar-refractivity contribution in [2.24, 2.45) is 5.73 Å². The first-order valence-corrected chi connectivity index (χ1v) is 8.36. The Bertz CT molecular complexity index is 1110. The Morgan fingerprint density at radius 1 is 1.15 bits per heavy atom. The normalized spacial score (nSPS) is 15.9. The largest absolute Gasteiger partial charge is 0.477 e. The number of carbonyl (C=O) groups excluding carboxylic acids is 2. The third-order valence-electron chi connectivity index (χ3n) is 4.49. The number of benzene rings is 2. The molecule has 1 aromatic heterocycles. The fourth-order valence-electron chi connectivity index (χ4n) is 3.16. The summed E-state index contributed by atoms with van der Waals surface area (Å²) in [7, 11) is 0. The van der Waals surface area contributed by atoms with Crippen molar-refractivity contribution in [3.05, 3.63) is 64.6 Å². The molecule has 0 unspecified atom stereocenters. The standard InChI is InChI=1S/C19H16N4O4/c20-18(25)16-10-23(14-7-3-4-8-15(14)27-16)17(24)9-13-11-5-1-2-6-12(11)19(26)22-21-13/h1-8,16H,9-10H2,(H2,20,25)(H,22,26)/t16-/m0/s1. The average molecular weight is 364 g/mol. The Labute approximate surface area is 153 Å². The van der Waals surface area contributed by atoms with Crippen molar-refractivity contribution >= 4 is 28.3 Å². The number of ether oxygens (including phenoxy) is 1. The van der Waals surface area contributed by atoms with Crippen molar-refractivity contribution in [2.75, 3.05) is 11.4 Å². The van der Waals surface area contributed by atoms with Crippen molar-refractivity contribution in [1.29, 1.82) is 0 Å². The number of nitrogens with zero attached hydrogens (tertiary/aromatic N) is 2. The minimum Gasteiger partial charge on any atom is -0.477 e. The molecule has 0 fully saturated rings. The molecule has 3 aromatic rings. The maximum Gasteiger partial charge on any atom is 0.272 e. The van der Waals surface area contributed by atoms with Crippen LogP contribution in [0.4, 0.5) is 5.69 Å². The van der Waals surface area contributed by atoms with Gasteiger partial charge in [0, 0.05) is 5.39 Å². The lowest BCUT2D eigenvalue weighted by Crippen LogP contribution is -2.49. The Kier molecular flexibility index (Phi) is 4.08. The van der Waals surface area contributed by atoms with Crippen molar-refractivity contribution in [1.82, 2.24) is 10.2 Å². The van der Waals surface area contributed by atoms with Crippen LogP contribution in [-0.2, 0) is 16.0 Å². The lowest BCUT2D eigenvalue weighted by molar-refractivity contribution is -0.125. The molecule has 3 N–H and O–H groups in total. The Morgan fingerprint density at radius 2 is 1.85 bits per heavy atom. The highest BCUT2D eigenvalue weighted by atomic mass is 16.5. The molecule has 0 aliphatic carbocycles. The second kappa shape index (κ2) is 6.56. The number of fused-ring (bicyclic) bond motifs is 2. The molecule has 27 heavy (non-hydrogen) atoms. The second-order valence-corrected chi connectivity index (χ2v) is 6.20. The molecule has 4 rings (SSSR count). The van der Waals surface area contributed by atoms with Gasteiger partial charge in [0.1, 0.15) is 5.75 Å². The topological polar surface area (TPSA) is 118 Å². The molecule has 0 saturated carbocycles. The number of primary amides is 1. The number of rotatable bonds is 3. The van der Waals surface area contributed by atoms with Gasteiger partial charge >= 0.3 is 0 Å². The van der Waals surface area contributed by atoms with Crippen LogP contribution in [0.1, 0.15) is 5.69 Å². The SMILES string of the molecule is NC(=O)[C@@H]1CN(C(=O)Cc2n[nH]c(=O)c3ccccc23)c2ccccc2O1. The monoisotopic (exact) mass is 364 g/mol. The fourth-order valence-corrected chi connectivity index (χ4v) is 3.16. The van der Waals surface area contributed by atoms with E-state index in [1.807, 2.05) is 0 Å². The predicted molar refractivity (Wildman–Crippen MR) is 98.5 cm³/mol. The zero-order chi connectivity index (χ0) is 19.0. The van der Waals surface area contributed by atoms with E-state index in [1.165, 1.54) is 4.90 Å². The summed E-state index contributed by atoms with van der Waals surface area (Å²) in [6, 6.07) is 13.9. The third kappa shape index (κ3) is 3.01. The molecule has 2 heterocycles. The predicted octanol–water partition coefficient (Wildman–Crippen LogP) is 0.745. The highest BCUT2D eigenvalue weighted by Gasteiger charge is 2.32. The van der Waals surface area contributed by atoms with Crippen LogP contribution < -0.4 is 20.9 Å². The molecule has 2 aromatic carbocycles. The van der Waals surface area contributed by atoms with E-state index in [9.17, 15) is 14.4 Å². The van der Waals surface area contributed by atoms with Crippen molar-refractivity contribution in [3.8, 4) is 5.75 Å². The highest BCUT2D eigenvalue weighted by molar-refractivity contribution is 5.99. The van der Waals surface area contributed by atoms with Gasteiger partial charge in [0.25, 0.3) is 11.5 Å². The molecule has 8 nitrogen and oxygen atoms in total. The molecule has 0 spiro atoms. The molecular formula is C19H16N4O4. The minimum absolute atomic E-state index is 0.0203. The van der Waals surface area contributed by atoms with E-state index >= 15 is 0 Å². The minimum atomic E-state index is -0.927. The average Bonchev–Trinajstić information content (AvgIpc) is 2.69. The Balaban J connectivity index is 1.70. The van der Waals surface area contributed by atoms with Gasteiger partial charge < -0.3 is 15.4 Å². The van der Waals surface area contributed by atoms with Gasteiger partial charge in [-0.3, -0.25) is 14.4 Å². The van der Waals surface area contributed by atoms with Crippen molar-refractivity contribution in [3.63, 3.8) is 0 Å². The van der Waals surface area contributed by atoms with Gasteiger partial charge in [0.05, 0.1) is 29.7 Å². The first kappa shape index (κ1) is 16.8. The Hall–Kier alpha value is -3.68. The second-order valence-electron chi connectivity index (χ2n) is 6.20. The first-order chi connectivity index (χ1) is 13.0. The van der Waals surface area contributed by atoms with Crippen molar-refractivity contribution in [2.45, 2.75) is 12.5 Å². The van der Waals surface area contributed by atoms with Crippen LogP contribution in [0.15, 0.2) is 53.3 Å². The number of anilines is 1. The summed E-state index contributed by atoms with van der Waals surface area (Å²) in [4.78, 5) is 38.0. The lowest BCUT2D eigenvalue weighted by Gasteiger charge is -2.33. The summed E-state index contributed by atoms with van der Waals surface area (Å²) in [5.74, 6) is -0.503. The van der Waals surface area contributed by atoms with Crippen LogP contribution in [0, 0.1) is 0 Å². The molecule has 1 aliphatic heterocycles. The number of para-hydroxylation sites is 2. The van der Waals surface area contributed by atoms with E-state index in [0.717, 1.165) is 0 Å². The molecule has 0 bridgehead atoms. The van der Waals surface area contributed by atoms with Gasteiger partial charge in [-0.1, -0.05) is 30.3 Å². The lowest BCUT2D eigenvalue weighted by atomic mass is 10.1. The number of amides is 2. The van der Waals surface area contributed by atoms with Gasteiger partial charge in [-0.05, 0) is 18.2 Å². The van der Waals surface area contributed by atoms with Crippen LogP contribution in [0.5, 0.6) is 5.75 Å². The molecule has 8 heteroatoms. The Morgan fingerprint density at radius 3 is 2.63 bits per heavy atom. The number of carbonyl (C=O) groups is 2. The number of hydrogen-bond donors (Lipinski definition) is 2. The van der Waals surface area contributed by atoms with Crippen LogP contribution >= 0.6 is 0 Å². The van der Waals surface area contributed by atoms with E-state index in [0.29, 0.717) is 27.9 Å². The molecule has 2 amide bonds.